The molecule has 0 saturated carbocycles. The predicted octanol–water partition coefficient (Wildman–Crippen LogP) is 1.35. The van der Waals surface area contributed by atoms with Gasteiger partial charge >= 0.3 is 0 Å². The van der Waals surface area contributed by atoms with Crippen LogP contribution in [0, 0.1) is 0 Å². The minimum absolute atomic E-state index is 0.0817. The zero-order valence-corrected chi connectivity index (χ0v) is 10.6. The Morgan fingerprint density at radius 1 is 1.00 bits per heavy atom. The van der Waals surface area contributed by atoms with Crippen LogP contribution >= 0.6 is 0 Å². The van der Waals surface area contributed by atoms with E-state index < -0.39 is 0 Å². The standard InChI is InChI=1S/C14H13N5O/c15-12-10-6-9(7-20)11(8-4-2-1-3-5-8)17-13(10)19-14(16)18-12/h1-6,20H,7H2,(H4,15,16,17,18,19). The summed E-state index contributed by atoms with van der Waals surface area (Å²) in [5, 5.41) is 10.1. The van der Waals surface area contributed by atoms with Crippen molar-refractivity contribution < 1.29 is 5.11 Å². The van der Waals surface area contributed by atoms with Gasteiger partial charge < -0.3 is 16.6 Å². The van der Waals surface area contributed by atoms with E-state index in [4.69, 9.17) is 11.5 Å². The lowest BCUT2D eigenvalue weighted by Gasteiger charge is -2.09. The highest BCUT2D eigenvalue weighted by molar-refractivity contribution is 5.89. The first-order valence-electron chi connectivity index (χ1n) is 6.08. The molecule has 1 aromatic carbocycles. The summed E-state index contributed by atoms with van der Waals surface area (Å²) in [7, 11) is 0. The zero-order chi connectivity index (χ0) is 14.1. The lowest BCUT2D eigenvalue weighted by atomic mass is 10.1. The third-order valence-electron chi connectivity index (χ3n) is 3.03. The number of rotatable bonds is 2. The number of anilines is 2. The van der Waals surface area contributed by atoms with E-state index in [-0.39, 0.29) is 18.4 Å². The van der Waals surface area contributed by atoms with Gasteiger partial charge in [0.25, 0.3) is 0 Å². The van der Waals surface area contributed by atoms with Crippen LogP contribution in [0.4, 0.5) is 11.8 Å². The van der Waals surface area contributed by atoms with Crippen molar-refractivity contribution in [1.82, 2.24) is 15.0 Å². The Hall–Kier alpha value is -2.73. The van der Waals surface area contributed by atoms with Crippen LogP contribution in [-0.4, -0.2) is 20.1 Å². The largest absolute Gasteiger partial charge is 0.392 e. The highest BCUT2D eigenvalue weighted by Crippen LogP contribution is 2.27. The fourth-order valence-electron chi connectivity index (χ4n) is 2.10. The fourth-order valence-corrected chi connectivity index (χ4v) is 2.10. The number of aliphatic hydroxyl groups is 1. The molecule has 2 aromatic heterocycles. The molecule has 3 rings (SSSR count). The van der Waals surface area contributed by atoms with E-state index in [0.717, 1.165) is 5.56 Å². The van der Waals surface area contributed by atoms with Gasteiger partial charge in [0.15, 0.2) is 5.65 Å². The van der Waals surface area contributed by atoms with E-state index in [2.05, 4.69) is 15.0 Å². The van der Waals surface area contributed by atoms with Crippen LogP contribution in [0.5, 0.6) is 0 Å². The van der Waals surface area contributed by atoms with Crippen LogP contribution in [0.15, 0.2) is 36.4 Å². The first-order valence-corrected chi connectivity index (χ1v) is 6.08. The highest BCUT2D eigenvalue weighted by atomic mass is 16.3. The van der Waals surface area contributed by atoms with Gasteiger partial charge in [0.05, 0.1) is 17.7 Å². The first kappa shape index (κ1) is 12.3. The monoisotopic (exact) mass is 267 g/mol. The third kappa shape index (κ3) is 2.02. The maximum atomic E-state index is 9.54. The Labute approximate surface area is 115 Å². The van der Waals surface area contributed by atoms with Gasteiger partial charge in [0.2, 0.25) is 5.95 Å². The van der Waals surface area contributed by atoms with Gasteiger partial charge in [0, 0.05) is 11.1 Å². The average molecular weight is 267 g/mol. The quantitative estimate of drug-likeness (QED) is 0.646. The molecular weight excluding hydrogens is 254 g/mol. The molecule has 5 N–H and O–H groups in total. The van der Waals surface area contributed by atoms with Crippen molar-refractivity contribution in [1.29, 1.82) is 0 Å². The Balaban J connectivity index is 2.32. The third-order valence-corrected chi connectivity index (χ3v) is 3.03. The normalized spacial score (nSPS) is 10.8. The molecule has 6 nitrogen and oxygen atoms in total. The molecule has 0 unspecified atom stereocenters. The van der Waals surface area contributed by atoms with Gasteiger partial charge in [-0.25, -0.2) is 4.98 Å². The van der Waals surface area contributed by atoms with E-state index in [1.54, 1.807) is 6.07 Å². The Morgan fingerprint density at radius 3 is 2.45 bits per heavy atom. The van der Waals surface area contributed by atoms with E-state index >= 15 is 0 Å². The SMILES string of the molecule is Nc1nc(N)c2cc(CO)c(-c3ccccc3)nc2n1. The molecule has 0 fully saturated rings. The summed E-state index contributed by atoms with van der Waals surface area (Å²) in [6.45, 7) is -0.142. The molecule has 0 spiro atoms. The summed E-state index contributed by atoms with van der Waals surface area (Å²) < 4.78 is 0. The van der Waals surface area contributed by atoms with Crippen LogP contribution in [0.3, 0.4) is 0 Å². The van der Waals surface area contributed by atoms with Gasteiger partial charge in [-0.2, -0.15) is 9.97 Å². The molecule has 2 heterocycles. The van der Waals surface area contributed by atoms with E-state index in [0.29, 0.717) is 22.3 Å². The summed E-state index contributed by atoms with van der Waals surface area (Å²) in [6.07, 6.45) is 0. The number of hydrogen-bond donors (Lipinski definition) is 3. The lowest BCUT2D eigenvalue weighted by Crippen LogP contribution is -2.04. The molecule has 0 saturated heterocycles. The molecule has 6 heteroatoms. The summed E-state index contributed by atoms with van der Waals surface area (Å²) in [5.41, 5.74) is 14.1. The van der Waals surface area contributed by atoms with Crippen molar-refractivity contribution in [2.24, 2.45) is 0 Å². The van der Waals surface area contributed by atoms with Crippen molar-refractivity contribution in [3.05, 3.63) is 42.0 Å². The van der Waals surface area contributed by atoms with Crippen LogP contribution in [0.2, 0.25) is 0 Å². The second-order valence-corrected chi connectivity index (χ2v) is 4.36. The molecule has 3 aromatic rings. The summed E-state index contributed by atoms with van der Waals surface area (Å²) in [4.78, 5) is 12.5. The van der Waals surface area contributed by atoms with Gasteiger partial charge in [0.1, 0.15) is 5.82 Å². The molecule has 100 valence electrons. The smallest absolute Gasteiger partial charge is 0.224 e. The second kappa shape index (κ2) is 4.75. The van der Waals surface area contributed by atoms with Crippen LogP contribution in [-0.2, 0) is 6.61 Å². The number of nitrogens with zero attached hydrogens (tertiary/aromatic N) is 3. The Morgan fingerprint density at radius 2 is 1.75 bits per heavy atom. The number of nitrogen functional groups attached to an aromatic ring is 2. The number of nitrogens with two attached hydrogens (primary N) is 2. The fraction of sp³-hybridized carbons (Fsp3) is 0.0714. The van der Waals surface area contributed by atoms with Gasteiger partial charge in [-0.15, -0.1) is 0 Å². The molecule has 20 heavy (non-hydrogen) atoms. The lowest BCUT2D eigenvalue weighted by molar-refractivity contribution is 0.282. The molecule has 0 radical (unpaired) electrons. The van der Waals surface area contributed by atoms with Crippen molar-refractivity contribution in [3.63, 3.8) is 0 Å². The maximum absolute atomic E-state index is 9.54. The van der Waals surface area contributed by atoms with Crippen LogP contribution < -0.4 is 11.5 Å². The molecule has 0 aliphatic carbocycles. The predicted molar refractivity (Wildman–Crippen MR) is 77.5 cm³/mol. The number of hydrogen-bond acceptors (Lipinski definition) is 6. The number of aliphatic hydroxyl groups excluding tert-OH is 1. The van der Waals surface area contributed by atoms with Crippen LogP contribution in [0.1, 0.15) is 5.56 Å². The number of aromatic nitrogens is 3. The topological polar surface area (TPSA) is 111 Å². The summed E-state index contributed by atoms with van der Waals surface area (Å²) in [6, 6.07) is 11.3. The summed E-state index contributed by atoms with van der Waals surface area (Å²) in [5.74, 6) is 0.340. The van der Waals surface area contributed by atoms with Crippen molar-refractivity contribution >= 4 is 22.8 Å². The van der Waals surface area contributed by atoms with Crippen molar-refractivity contribution in [3.8, 4) is 11.3 Å². The average Bonchev–Trinajstić information content (AvgIpc) is 2.47. The number of benzene rings is 1. The zero-order valence-electron chi connectivity index (χ0n) is 10.6. The number of fused-ring (bicyclic) bond motifs is 1. The molecular formula is C14H13N5O. The number of pyridine rings is 1. The maximum Gasteiger partial charge on any atom is 0.224 e. The van der Waals surface area contributed by atoms with Crippen molar-refractivity contribution in [2.45, 2.75) is 6.61 Å². The van der Waals surface area contributed by atoms with E-state index in [1.165, 1.54) is 0 Å². The second-order valence-electron chi connectivity index (χ2n) is 4.36. The molecule has 0 aliphatic rings. The molecule has 0 atom stereocenters. The first-order chi connectivity index (χ1) is 9.69. The van der Waals surface area contributed by atoms with E-state index in [1.807, 2.05) is 30.3 Å². The van der Waals surface area contributed by atoms with Crippen molar-refractivity contribution in [2.75, 3.05) is 11.5 Å². The van der Waals surface area contributed by atoms with Gasteiger partial charge in [-0.05, 0) is 6.07 Å². The molecule has 0 bridgehead atoms. The van der Waals surface area contributed by atoms with Gasteiger partial charge in [-0.1, -0.05) is 30.3 Å². The molecule has 0 aliphatic heterocycles. The minimum atomic E-state index is -0.142. The van der Waals surface area contributed by atoms with Crippen LogP contribution in [0.25, 0.3) is 22.3 Å². The minimum Gasteiger partial charge on any atom is -0.392 e. The Bertz CT molecular complexity index is 773. The van der Waals surface area contributed by atoms with Gasteiger partial charge in [-0.3, -0.25) is 0 Å². The Kier molecular flexibility index (Phi) is 2.92. The molecule has 0 amide bonds. The highest BCUT2D eigenvalue weighted by Gasteiger charge is 2.12. The summed E-state index contributed by atoms with van der Waals surface area (Å²) >= 11 is 0. The van der Waals surface area contributed by atoms with E-state index in [9.17, 15) is 5.11 Å².